The number of likely N-dealkylation sites (tertiary alicyclic amines) is 2. The molecule has 1 N–H and O–H groups in total. The third-order valence-electron chi connectivity index (χ3n) is 6.65. The molecular formula is C20H29N5O2S. The van der Waals surface area contributed by atoms with Crippen LogP contribution in [0.4, 0.5) is 0 Å². The highest BCUT2D eigenvalue weighted by atomic mass is 32.1. The Kier molecular flexibility index (Phi) is 5.00. The summed E-state index contributed by atoms with van der Waals surface area (Å²) in [4.78, 5) is 27.6. The maximum Gasteiger partial charge on any atom is 0.223 e. The van der Waals surface area contributed by atoms with Crippen molar-refractivity contribution in [3.8, 4) is 0 Å². The van der Waals surface area contributed by atoms with Crippen molar-refractivity contribution >= 4 is 23.1 Å². The van der Waals surface area contributed by atoms with Crippen molar-refractivity contribution in [2.45, 2.75) is 57.7 Å². The minimum absolute atomic E-state index is 0.156. The summed E-state index contributed by atoms with van der Waals surface area (Å²) in [6.45, 7) is 6.63. The second-order valence-corrected chi connectivity index (χ2v) is 9.71. The van der Waals surface area contributed by atoms with Crippen LogP contribution in [-0.2, 0) is 16.2 Å². The molecule has 1 aromatic rings. The molecule has 0 unspecified atom stereocenters. The summed E-state index contributed by atoms with van der Waals surface area (Å²) < 4.78 is 0. The van der Waals surface area contributed by atoms with Gasteiger partial charge in [-0.1, -0.05) is 5.16 Å². The Morgan fingerprint density at radius 1 is 1.29 bits per heavy atom. The summed E-state index contributed by atoms with van der Waals surface area (Å²) in [5, 5.41) is 10.9. The quantitative estimate of drug-likeness (QED) is 0.832. The maximum absolute atomic E-state index is 12.4. The molecule has 28 heavy (non-hydrogen) atoms. The van der Waals surface area contributed by atoms with E-state index in [2.05, 4.69) is 37.6 Å². The lowest BCUT2D eigenvalue weighted by molar-refractivity contribution is -0.127. The molecule has 0 bridgehead atoms. The number of hydrogen-bond donors (Lipinski definition) is 1. The molecule has 7 nitrogen and oxygen atoms in total. The number of piperidine rings is 1. The van der Waals surface area contributed by atoms with Gasteiger partial charge in [-0.2, -0.15) is 0 Å². The second kappa shape index (κ2) is 7.63. The molecule has 8 heteroatoms. The standard InChI is InChI=1S/C20H29N5O2S/c1-13-21-16(12-28-13)9-24-10-17-18(11-24)27-23-19(17)25-7-5-14(6-8-25)20(26)22-15-3-2-4-15/h12,14-15,17-18H,2-11H2,1H3,(H,22,26)/t17-,18+/m1/s1. The van der Waals surface area contributed by atoms with Crippen LogP contribution in [0.2, 0.25) is 0 Å². The Bertz CT molecular complexity index is 754. The first kappa shape index (κ1) is 18.4. The first-order chi connectivity index (χ1) is 13.7. The summed E-state index contributed by atoms with van der Waals surface area (Å²) in [5.74, 6) is 1.86. The van der Waals surface area contributed by atoms with Crippen LogP contribution in [0, 0.1) is 18.8 Å². The minimum Gasteiger partial charge on any atom is -0.389 e. The molecule has 2 atom stereocenters. The van der Waals surface area contributed by atoms with Gasteiger partial charge < -0.3 is 15.1 Å². The fourth-order valence-electron chi connectivity index (χ4n) is 4.77. The van der Waals surface area contributed by atoms with Crippen LogP contribution in [0.1, 0.15) is 42.8 Å². The molecule has 152 valence electrons. The number of rotatable bonds is 4. The lowest BCUT2D eigenvalue weighted by Gasteiger charge is -2.35. The van der Waals surface area contributed by atoms with Crippen molar-refractivity contribution < 1.29 is 9.63 Å². The van der Waals surface area contributed by atoms with Gasteiger partial charge in [0, 0.05) is 50.1 Å². The van der Waals surface area contributed by atoms with E-state index in [1.54, 1.807) is 11.3 Å². The number of hydrogen-bond acceptors (Lipinski definition) is 7. The molecule has 4 heterocycles. The van der Waals surface area contributed by atoms with Crippen LogP contribution in [0.3, 0.4) is 0 Å². The first-order valence-corrected chi connectivity index (χ1v) is 11.5. The Morgan fingerprint density at radius 2 is 2.11 bits per heavy atom. The van der Waals surface area contributed by atoms with Crippen LogP contribution in [0.5, 0.6) is 0 Å². The van der Waals surface area contributed by atoms with Crippen LogP contribution >= 0.6 is 11.3 Å². The fourth-order valence-corrected chi connectivity index (χ4v) is 5.37. The number of aromatic nitrogens is 1. The second-order valence-electron chi connectivity index (χ2n) is 8.65. The molecule has 1 saturated carbocycles. The molecule has 1 aliphatic carbocycles. The van der Waals surface area contributed by atoms with Crippen LogP contribution < -0.4 is 5.32 Å². The number of carbonyl (C=O) groups excluding carboxylic acids is 1. The van der Waals surface area contributed by atoms with Crippen molar-refractivity contribution in [3.63, 3.8) is 0 Å². The number of fused-ring (bicyclic) bond motifs is 1. The third-order valence-corrected chi connectivity index (χ3v) is 7.47. The van der Waals surface area contributed by atoms with Gasteiger partial charge in [0.2, 0.25) is 5.91 Å². The zero-order chi connectivity index (χ0) is 19.1. The van der Waals surface area contributed by atoms with Crippen molar-refractivity contribution in [1.29, 1.82) is 0 Å². The van der Waals surface area contributed by atoms with Crippen molar-refractivity contribution in [1.82, 2.24) is 20.1 Å². The molecule has 3 aliphatic heterocycles. The van der Waals surface area contributed by atoms with Crippen LogP contribution in [0.25, 0.3) is 0 Å². The molecule has 3 fully saturated rings. The average molecular weight is 404 g/mol. The smallest absolute Gasteiger partial charge is 0.223 e. The number of amidine groups is 1. The molecule has 1 amide bonds. The Hall–Kier alpha value is -1.67. The van der Waals surface area contributed by atoms with Gasteiger partial charge in [-0.25, -0.2) is 4.98 Å². The molecule has 0 aromatic carbocycles. The normalized spacial score (nSPS) is 28.6. The molecule has 2 saturated heterocycles. The van der Waals surface area contributed by atoms with E-state index in [0.29, 0.717) is 12.0 Å². The van der Waals surface area contributed by atoms with E-state index in [9.17, 15) is 4.79 Å². The SMILES string of the molecule is Cc1nc(CN2C[C@@H]3ON=C(N4CCC(C(=O)NC5CCC5)CC4)[C@@H]3C2)cs1. The van der Waals surface area contributed by atoms with E-state index in [1.807, 2.05) is 0 Å². The van der Waals surface area contributed by atoms with Crippen LogP contribution in [-0.4, -0.2) is 64.9 Å². The summed E-state index contributed by atoms with van der Waals surface area (Å²) >= 11 is 1.71. The molecule has 5 rings (SSSR count). The van der Waals surface area contributed by atoms with Gasteiger partial charge in [-0.05, 0) is 39.0 Å². The lowest BCUT2D eigenvalue weighted by Crippen LogP contribution is -2.48. The van der Waals surface area contributed by atoms with E-state index in [1.165, 1.54) is 6.42 Å². The van der Waals surface area contributed by atoms with Gasteiger partial charge in [0.1, 0.15) is 0 Å². The van der Waals surface area contributed by atoms with Gasteiger partial charge in [0.15, 0.2) is 11.9 Å². The van der Waals surface area contributed by atoms with Gasteiger partial charge in [-0.3, -0.25) is 9.69 Å². The number of carbonyl (C=O) groups is 1. The molecule has 0 radical (unpaired) electrons. The number of nitrogens with zero attached hydrogens (tertiary/aromatic N) is 4. The van der Waals surface area contributed by atoms with Crippen molar-refractivity contribution in [2.75, 3.05) is 26.2 Å². The summed E-state index contributed by atoms with van der Waals surface area (Å²) in [7, 11) is 0. The average Bonchev–Trinajstić information content (AvgIpc) is 3.34. The van der Waals surface area contributed by atoms with Gasteiger partial charge in [0.05, 0.1) is 16.6 Å². The van der Waals surface area contributed by atoms with E-state index in [-0.39, 0.29) is 17.9 Å². The van der Waals surface area contributed by atoms with Crippen LogP contribution in [0.15, 0.2) is 10.5 Å². The lowest BCUT2D eigenvalue weighted by atomic mass is 9.90. The number of thiazole rings is 1. The van der Waals surface area contributed by atoms with E-state index >= 15 is 0 Å². The van der Waals surface area contributed by atoms with E-state index in [4.69, 9.17) is 4.84 Å². The molecule has 1 aromatic heterocycles. The summed E-state index contributed by atoms with van der Waals surface area (Å²) in [6.07, 6.45) is 5.55. The van der Waals surface area contributed by atoms with E-state index in [0.717, 1.165) is 74.9 Å². The number of amides is 1. The third kappa shape index (κ3) is 3.64. The Morgan fingerprint density at radius 3 is 2.79 bits per heavy atom. The maximum atomic E-state index is 12.4. The Labute approximate surface area is 170 Å². The van der Waals surface area contributed by atoms with E-state index < -0.39 is 0 Å². The number of nitrogens with one attached hydrogen (secondary N) is 1. The predicted molar refractivity (Wildman–Crippen MR) is 108 cm³/mol. The summed E-state index contributed by atoms with van der Waals surface area (Å²) in [6, 6.07) is 0.435. The molecule has 0 spiro atoms. The van der Waals surface area contributed by atoms with Crippen molar-refractivity contribution in [2.24, 2.45) is 17.0 Å². The highest BCUT2D eigenvalue weighted by molar-refractivity contribution is 7.09. The summed E-state index contributed by atoms with van der Waals surface area (Å²) in [5.41, 5.74) is 1.15. The van der Waals surface area contributed by atoms with Crippen molar-refractivity contribution in [3.05, 3.63) is 16.1 Å². The Balaban J connectivity index is 1.13. The largest absolute Gasteiger partial charge is 0.389 e. The number of oxime groups is 1. The number of aryl methyl sites for hydroxylation is 1. The molecular weight excluding hydrogens is 374 g/mol. The predicted octanol–water partition coefficient (Wildman–Crippen LogP) is 1.98. The zero-order valence-corrected chi connectivity index (χ0v) is 17.3. The topological polar surface area (TPSA) is 70.1 Å². The molecule has 4 aliphatic rings. The first-order valence-electron chi connectivity index (χ1n) is 10.6. The monoisotopic (exact) mass is 403 g/mol. The fraction of sp³-hybridized carbons (Fsp3) is 0.750. The van der Waals surface area contributed by atoms with Gasteiger partial charge >= 0.3 is 0 Å². The highest BCUT2D eigenvalue weighted by Crippen LogP contribution is 2.31. The highest BCUT2D eigenvalue weighted by Gasteiger charge is 2.45. The zero-order valence-electron chi connectivity index (χ0n) is 16.5. The van der Waals surface area contributed by atoms with Gasteiger partial charge in [0.25, 0.3) is 0 Å². The minimum atomic E-state index is 0.156. The van der Waals surface area contributed by atoms with Gasteiger partial charge in [-0.15, -0.1) is 11.3 Å².